The van der Waals surface area contributed by atoms with Crippen LogP contribution in [0.5, 0.6) is 0 Å². The van der Waals surface area contributed by atoms with Gasteiger partial charge in [-0.1, -0.05) is 33.1 Å². The zero-order valence-electron chi connectivity index (χ0n) is 13.7. The number of benzene rings is 1. The molecule has 0 bridgehead atoms. The molecule has 124 valence electrons. The van der Waals surface area contributed by atoms with E-state index in [4.69, 9.17) is 11.6 Å². The first-order valence-electron chi connectivity index (χ1n) is 8.17. The second-order valence-electron chi connectivity index (χ2n) is 7.12. The summed E-state index contributed by atoms with van der Waals surface area (Å²) in [6, 6.07) is 4.19. The third-order valence-corrected chi connectivity index (χ3v) is 5.48. The van der Waals surface area contributed by atoms with Crippen molar-refractivity contribution in [3.8, 4) is 0 Å². The Balaban J connectivity index is 2.32. The lowest BCUT2D eigenvalue weighted by Crippen LogP contribution is -2.45. The number of nitrogens with zero attached hydrogens (tertiary/aromatic N) is 1. The minimum absolute atomic E-state index is 0.0258. The van der Waals surface area contributed by atoms with E-state index in [9.17, 15) is 8.78 Å². The molecule has 0 radical (unpaired) electrons. The maximum atomic E-state index is 14.3. The lowest BCUT2D eigenvalue weighted by Gasteiger charge is -2.42. The molecule has 1 fully saturated rings. The summed E-state index contributed by atoms with van der Waals surface area (Å²) in [5.41, 5.74) is 0.346. The van der Waals surface area contributed by atoms with Gasteiger partial charge >= 0.3 is 0 Å². The summed E-state index contributed by atoms with van der Waals surface area (Å²) in [7, 11) is 0. The Hall–Kier alpha value is -0.830. The molecular weight excluding hydrogens is 304 g/mol. The molecule has 2 rings (SSSR count). The molecule has 4 heteroatoms. The van der Waals surface area contributed by atoms with Crippen molar-refractivity contribution in [2.75, 3.05) is 11.4 Å². The fourth-order valence-electron chi connectivity index (χ4n) is 3.08. The quantitative estimate of drug-likeness (QED) is 0.621. The van der Waals surface area contributed by atoms with Gasteiger partial charge in [0.25, 0.3) is 0 Å². The Morgan fingerprint density at radius 3 is 2.41 bits per heavy atom. The molecule has 0 aliphatic heterocycles. The molecule has 1 aromatic rings. The molecule has 22 heavy (non-hydrogen) atoms. The molecule has 0 saturated heterocycles. The SMILES string of the molecule is CC(Cl)C(C)(C)CN(c1ccc(F)cc1F)C1CCCCC1. The maximum Gasteiger partial charge on any atom is 0.149 e. The molecule has 1 aliphatic carbocycles. The highest BCUT2D eigenvalue weighted by Gasteiger charge is 2.32. The van der Waals surface area contributed by atoms with E-state index >= 15 is 0 Å². The van der Waals surface area contributed by atoms with Crippen molar-refractivity contribution in [2.24, 2.45) is 5.41 Å². The van der Waals surface area contributed by atoms with Gasteiger partial charge in [0.1, 0.15) is 11.6 Å². The van der Waals surface area contributed by atoms with E-state index in [1.807, 2.05) is 6.92 Å². The van der Waals surface area contributed by atoms with Gasteiger partial charge in [-0.05, 0) is 37.3 Å². The first-order valence-corrected chi connectivity index (χ1v) is 8.60. The topological polar surface area (TPSA) is 3.24 Å². The van der Waals surface area contributed by atoms with E-state index in [1.54, 1.807) is 6.07 Å². The normalized spacial score (nSPS) is 18.3. The van der Waals surface area contributed by atoms with Gasteiger partial charge in [-0.3, -0.25) is 0 Å². The van der Waals surface area contributed by atoms with E-state index in [-0.39, 0.29) is 10.8 Å². The average molecular weight is 330 g/mol. The second-order valence-corrected chi connectivity index (χ2v) is 7.77. The minimum atomic E-state index is -0.533. The lowest BCUT2D eigenvalue weighted by molar-refractivity contribution is 0.319. The van der Waals surface area contributed by atoms with Gasteiger partial charge in [-0.2, -0.15) is 0 Å². The number of hydrogen-bond acceptors (Lipinski definition) is 1. The van der Waals surface area contributed by atoms with Crippen LogP contribution in [0.4, 0.5) is 14.5 Å². The minimum Gasteiger partial charge on any atom is -0.366 e. The van der Waals surface area contributed by atoms with Crippen LogP contribution in [-0.2, 0) is 0 Å². The fourth-order valence-corrected chi connectivity index (χ4v) is 3.15. The van der Waals surface area contributed by atoms with Gasteiger partial charge in [0.2, 0.25) is 0 Å². The zero-order valence-corrected chi connectivity index (χ0v) is 14.5. The lowest BCUT2D eigenvalue weighted by atomic mass is 9.86. The summed E-state index contributed by atoms with van der Waals surface area (Å²) < 4.78 is 27.6. The molecule has 0 aromatic heterocycles. The Kier molecular flexibility index (Phi) is 5.70. The maximum absolute atomic E-state index is 14.3. The van der Waals surface area contributed by atoms with Crippen molar-refractivity contribution < 1.29 is 8.78 Å². The average Bonchev–Trinajstić information content (AvgIpc) is 2.46. The molecule has 1 aromatic carbocycles. The van der Waals surface area contributed by atoms with E-state index in [0.717, 1.165) is 18.9 Å². The van der Waals surface area contributed by atoms with Gasteiger partial charge in [-0.15, -0.1) is 11.6 Å². The molecule has 0 heterocycles. The predicted octanol–water partition coefficient (Wildman–Crippen LogP) is 5.76. The van der Waals surface area contributed by atoms with Crippen molar-refractivity contribution in [3.63, 3.8) is 0 Å². The monoisotopic (exact) mass is 329 g/mol. The number of hydrogen-bond donors (Lipinski definition) is 0. The van der Waals surface area contributed by atoms with Crippen LogP contribution < -0.4 is 4.90 Å². The Bertz CT molecular complexity index is 496. The van der Waals surface area contributed by atoms with Crippen LogP contribution in [0.25, 0.3) is 0 Å². The van der Waals surface area contributed by atoms with E-state index in [0.29, 0.717) is 18.3 Å². The predicted molar refractivity (Wildman–Crippen MR) is 89.7 cm³/mol. The first-order chi connectivity index (χ1) is 10.3. The third-order valence-electron chi connectivity index (χ3n) is 4.89. The van der Waals surface area contributed by atoms with Crippen LogP contribution in [0, 0.1) is 17.0 Å². The summed E-state index contributed by atoms with van der Waals surface area (Å²) in [5.74, 6) is -1.02. The molecule has 0 amide bonds. The van der Waals surface area contributed by atoms with Gasteiger partial charge in [0, 0.05) is 24.0 Å². The van der Waals surface area contributed by atoms with Crippen molar-refractivity contribution >= 4 is 17.3 Å². The molecule has 1 nitrogen and oxygen atoms in total. The van der Waals surface area contributed by atoms with Crippen molar-refractivity contribution in [2.45, 2.75) is 64.3 Å². The van der Waals surface area contributed by atoms with Crippen molar-refractivity contribution in [1.82, 2.24) is 0 Å². The highest BCUT2D eigenvalue weighted by Crippen LogP contribution is 2.35. The van der Waals surface area contributed by atoms with Gasteiger partial charge in [0.15, 0.2) is 0 Å². The first kappa shape index (κ1) is 17.5. The molecule has 0 N–H and O–H groups in total. The van der Waals surface area contributed by atoms with Crippen LogP contribution in [0.2, 0.25) is 0 Å². The van der Waals surface area contributed by atoms with Crippen LogP contribution >= 0.6 is 11.6 Å². The standard InChI is InChI=1S/C18H26ClF2N/c1-13(19)18(2,3)12-22(15-7-5-4-6-8-15)17-10-9-14(20)11-16(17)21/h9-11,13,15H,4-8,12H2,1-3H3. The molecule has 1 unspecified atom stereocenters. The largest absolute Gasteiger partial charge is 0.366 e. The van der Waals surface area contributed by atoms with E-state index in [2.05, 4.69) is 18.7 Å². The zero-order chi connectivity index (χ0) is 16.3. The van der Waals surface area contributed by atoms with E-state index < -0.39 is 11.6 Å². The number of halogens is 3. The molecular formula is C18H26ClF2N. The number of alkyl halides is 1. The Morgan fingerprint density at radius 2 is 1.86 bits per heavy atom. The summed E-state index contributed by atoms with van der Waals surface area (Å²) in [6.07, 6.45) is 5.69. The van der Waals surface area contributed by atoms with Crippen LogP contribution in [0.1, 0.15) is 52.9 Å². The van der Waals surface area contributed by atoms with Crippen molar-refractivity contribution in [1.29, 1.82) is 0 Å². The smallest absolute Gasteiger partial charge is 0.149 e. The third kappa shape index (κ3) is 4.13. The number of rotatable bonds is 5. The van der Waals surface area contributed by atoms with Crippen LogP contribution in [-0.4, -0.2) is 18.0 Å². The summed E-state index contributed by atoms with van der Waals surface area (Å²) in [6.45, 7) is 6.84. The molecule has 1 saturated carbocycles. The second kappa shape index (κ2) is 7.16. The summed E-state index contributed by atoms with van der Waals surface area (Å²) in [5, 5.41) is -0.0258. The van der Waals surface area contributed by atoms with Gasteiger partial charge < -0.3 is 4.90 Å². The fraction of sp³-hybridized carbons (Fsp3) is 0.667. The highest BCUT2D eigenvalue weighted by atomic mass is 35.5. The van der Waals surface area contributed by atoms with Gasteiger partial charge in [0.05, 0.1) is 5.69 Å². The Labute approximate surface area is 137 Å². The summed E-state index contributed by atoms with van der Waals surface area (Å²) in [4.78, 5) is 2.12. The molecule has 0 spiro atoms. The highest BCUT2D eigenvalue weighted by molar-refractivity contribution is 6.20. The van der Waals surface area contributed by atoms with Crippen LogP contribution in [0.3, 0.4) is 0 Å². The van der Waals surface area contributed by atoms with E-state index in [1.165, 1.54) is 25.3 Å². The Morgan fingerprint density at radius 1 is 1.23 bits per heavy atom. The van der Waals surface area contributed by atoms with Crippen molar-refractivity contribution in [3.05, 3.63) is 29.8 Å². The molecule has 1 atom stereocenters. The number of anilines is 1. The van der Waals surface area contributed by atoms with Crippen LogP contribution in [0.15, 0.2) is 18.2 Å². The molecule has 1 aliphatic rings. The van der Waals surface area contributed by atoms with Gasteiger partial charge in [-0.25, -0.2) is 8.78 Å². The summed E-state index contributed by atoms with van der Waals surface area (Å²) >= 11 is 6.32.